The SMILES string of the molecule is [O-][As](O)O. The van der Waals surface area contributed by atoms with E-state index in [0.29, 0.717) is 0 Å². The molecular formula is H2AsO3-. The van der Waals surface area contributed by atoms with Crippen LogP contribution in [-0.4, -0.2) is 23.9 Å². The Balaban J connectivity index is 2.32. The van der Waals surface area contributed by atoms with Gasteiger partial charge in [-0.05, 0) is 0 Å². The van der Waals surface area contributed by atoms with E-state index in [0.717, 1.165) is 0 Å². The summed E-state index contributed by atoms with van der Waals surface area (Å²) in [7, 11) is 0. The van der Waals surface area contributed by atoms with Gasteiger partial charge in [0.15, 0.2) is 0 Å². The monoisotopic (exact) mass is 125 g/mol. The molecule has 0 spiro atoms. The molecule has 0 heterocycles. The van der Waals surface area contributed by atoms with Gasteiger partial charge in [0.1, 0.15) is 0 Å². The van der Waals surface area contributed by atoms with E-state index in [9.17, 15) is 0 Å². The van der Waals surface area contributed by atoms with Crippen molar-refractivity contribution in [1.82, 2.24) is 0 Å². The number of hydrogen-bond acceptors (Lipinski definition) is 3. The summed E-state index contributed by atoms with van der Waals surface area (Å²) in [5.41, 5.74) is 0. The first kappa shape index (κ1) is 4.44. The summed E-state index contributed by atoms with van der Waals surface area (Å²) in [6.45, 7) is 0. The summed E-state index contributed by atoms with van der Waals surface area (Å²) in [4.78, 5) is 0. The Bertz CT molecular complexity index is 8.00. The van der Waals surface area contributed by atoms with Crippen LogP contribution in [-0.2, 0) is 0 Å². The maximum absolute atomic E-state index is 8.78. The van der Waals surface area contributed by atoms with Crippen LogP contribution in [0.15, 0.2) is 0 Å². The Morgan fingerprint density at radius 3 is 1.50 bits per heavy atom. The van der Waals surface area contributed by atoms with Crippen LogP contribution in [0.1, 0.15) is 0 Å². The molecule has 3 nitrogen and oxygen atoms in total. The Kier molecular flexibility index (Phi) is 1.92. The van der Waals surface area contributed by atoms with Gasteiger partial charge in [-0.25, -0.2) is 0 Å². The molecule has 0 aliphatic carbocycles. The molecule has 0 amide bonds. The average molecular weight is 125 g/mol. The first-order chi connectivity index (χ1) is 1.73. The van der Waals surface area contributed by atoms with E-state index in [4.69, 9.17) is 12.3 Å². The van der Waals surface area contributed by atoms with E-state index in [1.54, 1.807) is 0 Å². The molecule has 0 fully saturated rings. The minimum atomic E-state index is -3.44. The molecule has 0 saturated carbocycles. The zero-order chi connectivity index (χ0) is 3.58. The first-order valence-corrected chi connectivity index (χ1v) is 3.03. The molecule has 0 aromatic carbocycles. The second-order valence-electron chi connectivity index (χ2n) is 0.253. The summed E-state index contributed by atoms with van der Waals surface area (Å²) >= 11 is -3.44. The van der Waals surface area contributed by atoms with Crippen molar-refractivity contribution in [2.45, 2.75) is 0 Å². The number of hydrogen-bond donors (Lipinski definition) is 2. The van der Waals surface area contributed by atoms with Crippen molar-refractivity contribution in [2.24, 2.45) is 0 Å². The predicted octanol–water partition coefficient (Wildman–Crippen LogP) is -2.68. The van der Waals surface area contributed by atoms with Crippen molar-refractivity contribution >= 4 is 15.7 Å². The van der Waals surface area contributed by atoms with E-state index in [1.807, 2.05) is 0 Å². The summed E-state index contributed by atoms with van der Waals surface area (Å²) in [5.74, 6) is 0. The van der Waals surface area contributed by atoms with Gasteiger partial charge in [-0.1, -0.05) is 0 Å². The normalized spacial score (nSPS) is 9.00. The topological polar surface area (TPSA) is 63.5 Å². The first-order valence-electron chi connectivity index (χ1n) is 0.583. The zero-order valence-electron chi connectivity index (χ0n) is 1.75. The Morgan fingerprint density at radius 1 is 1.50 bits per heavy atom. The van der Waals surface area contributed by atoms with Crippen LogP contribution in [0, 0.1) is 0 Å². The van der Waals surface area contributed by atoms with Crippen LogP contribution in [0.5, 0.6) is 0 Å². The van der Waals surface area contributed by atoms with Gasteiger partial charge in [-0.15, -0.1) is 0 Å². The summed E-state index contributed by atoms with van der Waals surface area (Å²) < 4.78 is 23.2. The van der Waals surface area contributed by atoms with Crippen molar-refractivity contribution < 1.29 is 12.3 Å². The van der Waals surface area contributed by atoms with E-state index in [2.05, 4.69) is 0 Å². The Morgan fingerprint density at radius 2 is 1.50 bits per heavy atom. The predicted molar refractivity (Wildman–Crippen MR) is 10.2 cm³/mol. The molecule has 0 radical (unpaired) electrons. The molecule has 0 unspecified atom stereocenters. The molecule has 0 atom stereocenters. The maximum atomic E-state index is 8.78. The molecule has 2 N–H and O–H groups in total. The van der Waals surface area contributed by atoms with Gasteiger partial charge in [0.05, 0.1) is 0 Å². The van der Waals surface area contributed by atoms with Gasteiger partial charge in [0, 0.05) is 0 Å². The third kappa shape index (κ3) is 26.2. The van der Waals surface area contributed by atoms with Crippen LogP contribution < -0.4 is 4.10 Å². The Labute approximate surface area is 28.8 Å². The quantitative estimate of drug-likeness (QED) is 0.346. The van der Waals surface area contributed by atoms with E-state index >= 15 is 0 Å². The fraction of sp³-hybridized carbons (Fsp3) is 0. The summed E-state index contributed by atoms with van der Waals surface area (Å²) in [6, 6.07) is 0. The van der Waals surface area contributed by atoms with Crippen molar-refractivity contribution in [3.8, 4) is 0 Å². The molecule has 0 saturated heterocycles. The fourth-order valence-corrected chi connectivity index (χ4v) is 0. The van der Waals surface area contributed by atoms with E-state index in [-0.39, 0.29) is 0 Å². The molecular weight excluding hydrogens is 123 g/mol. The molecule has 0 rings (SSSR count). The van der Waals surface area contributed by atoms with Crippen LogP contribution >= 0.6 is 0 Å². The van der Waals surface area contributed by atoms with Gasteiger partial charge in [0.25, 0.3) is 0 Å². The second kappa shape index (κ2) is 1.73. The van der Waals surface area contributed by atoms with Gasteiger partial charge in [-0.2, -0.15) is 0 Å². The summed E-state index contributed by atoms with van der Waals surface area (Å²) in [6.07, 6.45) is 0. The average Bonchev–Trinajstić information content (AvgIpc) is 0.811. The van der Waals surface area contributed by atoms with Crippen LogP contribution in [0.25, 0.3) is 0 Å². The number of rotatable bonds is 0. The Hall–Kier alpha value is 0.438. The molecule has 4 heteroatoms. The zero-order valence-corrected chi connectivity index (χ0v) is 3.63. The molecule has 0 aromatic rings. The standard InChI is InChI=1S/AsH2O3/c2-1(3)4/h2-3H/q-1. The van der Waals surface area contributed by atoms with Crippen molar-refractivity contribution in [3.05, 3.63) is 0 Å². The van der Waals surface area contributed by atoms with Crippen molar-refractivity contribution in [1.29, 1.82) is 0 Å². The van der Waals surface area contributed by atoms with Crippen LogP contribution in [0.4, 0.5) is 0 Å². The van der Waals surface area contributed by atoms with E-state index < -0.39 is 15.7 Å². The van der Waals surface area contributed by atoms with Gasteiger partial charge < -0.3 is 0 Å². The van der Waals surface area contributed by atoms with Crippen molar-refractivity contribution in [2.75, 3.05) is 0 Å². The van der Waals surface area contributed by atoms with Crippen LogP contribution in [0.3, 0.4) is 0 Å². The molecule has 0 bridgehead atoms. The van der Waals surface area contributed by atoms with Gasteiger partial charge in [-0.3, -0.25) is 0 Å². The minimum absolute atomic E-state index is 3.44. The molecule has 26 valence electrons. The fourth-order valence-electron chi connectivity index (χ4n) is 0. The third-order valence-electron chi connectivity index (χ3n) is 0. The molecule has 0 aromatic heterocycles. The van der Waals surface area contributed by atoms with Gasteiger partial charge >= 0.3 is 28.0 Å². The van der Waals surface area contributed by atoms with Crippen molar-refractivity contribution in [3.63, 3.8) is 0 Å². The molecule has 0 aliphatic heterocycles. The second-order valence-corrected chi connectivity index (χ2v) is 1.31. The third-order valence-corrected chi connectivity index (χ3v) is 0. The molecule has 0 aliphatic rings. The van der Waals surface area contributed by atoms with E-state index in [1.165, 1.54) is 0 Å². The summed E-state index contributed by atoms with van der Waals surface area (Å²) in [5, 5.41) is 0. The van der Waals surface area contributed by atoms with Gasteiger partial charge in [0.2, 0.25) is 0 Å². The molecule has 4 heavy (non-hydrogen) atoms. The van der Waals surface area contributed by atoms with Crippen LogP contribution in [0.2, 0.25) is 0 Å².